The Labute approximate surface area is 81.4 Å². The number of nitrogens with zero attached hydrogens (tertiary/aromatic N) is 1. The normalized spacial score (nSPS) is 12.8. The average Bonchev–Trinajstić information content (AvgIpc) is 2.11. The van der Waals surface area contributed by atoms with Crippen LogP contribution in [0.2, 0.25) is 0 Å². The zero-order valence-electron chi connectivity index (χ0n) is 7.73. The van der Waals surface area contributed by atoms with Crippen molar-refractivity contribution in [3.05, 3.63) is 28.7 Å². The molecule has 0 saturated heterocycles. The van der Waals surface area contributed by atoms with E-state index >= 15 is 0 Å². The first-order valence-electron chi connectivity index (χ1n) is 4.07. The summed E-state index contributed by atoms with van der Waals surface area (Å²) in [7, 11) is 1.71. The lowest BCUT2D eigenvalue weighted by atomic mass is 10.5. The van der Waals surface area contributed by atoms with E-state index in [4.69, 9.17) is 5.11 Å². The Morgan fingerprint density at radius 3 is 2.92 bits per heavy atom. The number of aryl methyl sites for hydroxylation is 1. The molecular formula is C9H13NO2S. The van der Waals surface area contributed by atoms with Crippen LogP contribution in [0.15, 0.2) is 28.0 Å². The van der Waals surface area contributed by atoms with E-state index in [9.17, 15) is 4.79 Å². The quantitative estimate of drug-likeness (QED) is 0.734. The summed E-state index contributed by atoms with van der Waals surface area (Å²) in [5.74, 6) is 0. The van der Waals surface area contributed by atoms with Gasteiger partial charge in [-0.2, -0.15) is 0 Å². The second-order valence-corrected chi connectivity index (χ2v) is 4.43. The van der Waals surface area contributed by atoms with Crippen LogP contribution in [0.1, 0.15) is 6.92 Å². The molecule has 1 aromatic rings. The lowest BCUT2D eigenvalue weighted by molar-refractivity contribution is 0.300. The third kappa shape index (κ3) is 2.90. The van der Waals surface area contributed by atoms with Crippen LogP contribution < -0.4 is 5.56 Å². The molecule has 0 radical (unpaired) electrons. The second kappa shape index (κ2) is 4.48. The van der Waals surface area contributed by atoms with Gasteiger partial charge in [0.2, 0.25) is 0 Å². The van der Waals surface area contributed by atoms with Gasteiger partial charge in [0.05, 0.1) is 6.61 Å². The SMILES string of the molecule is CC(CO)Sc1ccn(C)c(=O)c1. The molecule has 1 atom stereocenters. The topological polar surface area (TPSA) is 42.2 Å². The van der Waals surface area contributed by atoms with Crippen molar-refractivity contribution in [2.24, 2.45) is 7.05 Å². The van der Waals surface area contributed by atoms with Crippen molar-refractivity contribution in [2.75, 3.05) is 6.61 Å². The molecule has 0 spiro atoms. The van der Waals surface area contributed by atoms with E-state index in [0.717, 1.165) is 4.90 Å². The molecule has 4 heteroatoms. The summed E-state index contributed by atoms with van der Waals surface area (Å²) in [5, 5.41) is 8.95. The molecule has 3 nitrogen and oxygen atoms in total. The third-order valence-corrected chi connectivity index (χ3v) is 2.75. The molecule has 0 aliphatic rings. The molecule has 0 aromatic carbocycles. The van der Waals surface area contributed by atoms with Gasteiger partial charge >= 0.3 is 0 Å². The van der Waals surface area contributed by atoms with Gasteiger partial charge in [-0.3, -0.25) is 4.79 Å². The van der Waals surface area contributed by atoms with Crippen molar-refractivity contribution in [3.8, 4) is 0 Å². The number of aromatic nitrogens is 1. The van der Waals surface area contributed by atoms with Gasteiger partial charge in [-0.05, 0) is 6.07 Å². The van der Waals surface area contributed by atoms with Gasteiger partial charge < -0.3 is 9.67 Å². The lowest BCUT2D eigenvalue weighted by Crippen LogP contribution is -2.14. The minimum atomic E-state index is -0.0184. The Morgan fingerprint density at radius 1 is 1.69 bits per heavy atom. The molecule has 13 heavy (non-hydrogen) atoms. The van der Waals surface area contributed by atoms with Crippen LogP contribution in [-0.4, -0.2) is 21.5 Å². The van der Waals surface area contributed by atoms with Crippen molar-refractivity contribution in [3.63, 3.8) is 0 Å². The average molecular weight is 199 g/mol. The van der Waals surface area contributed by atoms with Gasteiger partial charge in [0.15, 0.2) is 0 Å². The number of hydrogen-bond donors (Lipinski definition) is 1. The molecule has 72 valence electrons. The van der Waals surface area contributed by atoms with E-state index in [1.165, 1.54) is 16.3 Å². The summed E-state index contributed by atoms with van der Waals surface area (Å²) in [6.45, 7) is 2.04. The van der Waals surface area contributed by atoms with E-state index in [2.05, 4.69) is 0 Å². The van der Waals surface area contributed by atoms with E-state index in [1.807, 2.05) is 13.0 Å². The maximum absolute atomic E-state index is 11.2. The van der Waals surface area contributed by atoms with Crippen LogP contribution in [0.3, 0.4) is 0 Å². The molecule has 1 unspecified atom stereocenters. The number of rotatable bonds is 3. The standard InChI is InChI=1S/C9H13NO2S/c1-7(6-11)13-8-3-4-10(2)9(12)5-8/h3-5,7,11H,6H2,1-2H3. The highest BCUT2D eigenvalue weighted by Crippen LogP contribution is 2.20. The van der Waals surface area contributed by atoms with E-state index in [-0.39, 0.29) is 17.4 Å². The molecule has 1 heterocycles. The van der Waals surface area contributed by atoms with Gasteiger partial charge in [-0.25, -0.2) is 0 Å². The predicted octanol–water partition coefficient (Wildman–Crippen LogP) is 0.858. The summed E-state index contributed by atoms with van der Waals surface area (Å²) in [6, 6.07) is 3.45. The van der Waals surface area contributed by atoms with Crippen LogP contribution in [-0.2, 0) is 7.05 Å². The van der Waals surface area contributed by atoms with Crippen molar-refractivity contribution in [2.45, 2.75) is 17.1 Å². The fraction of sp³-hybridized carbons (Fsp3) is 0.444. The molecular weight excluding hydrogens is 186 g/mol. The molecule has 1 N–H and O–H groups in total. The molecule has 0 fully saturated rings. The Kier molecular flexibility index (Phi) is 3.57. The number of pyridine rings is 1. The fourth-order valence-electron chi connectivity index (χ4n) is 0.873. The number of hydrogen-bond acceptors (Lipinski definition) is 3. The summed E-state index contributed by atoms with van der Waals surface area (Å²) in [6.07, 6.45) is 1.73. The second-order valence-electron chi connectivity index (χ2n) is 2.92. The zero-order chi connectivity index (χ0) is 9.84. The van der Waals surface area contributed by atoms with E-state index in [1.54, 1.807) is 19.3 Å². The summed E-state index contributed by atoms with van der Waals surface area (Å²) in [5.41, 5.74) is -0.0184. The first-order chi connectivity index (χ1) is 6.13. The molecule has 0 aliphatic carbocycles. The molecule has 0 amide bonds. The summed E-state index contributed by atoms with van der Waals surface area (Å²) in [4.78, 5) is 12.1. The third-order valence-electron chi connectivity index (χ3n) is 1.67. The minimum absolute atomic E-state index is 0.0184. The Bertz CT molecular complexity index is 335. The zero-order valence-corrected chi connectivity index (χ0v) is 8.54. The van der Waals surface area contributed by atoms with Crippen molar-refractivity contribution >= 4 is 11.8 Å². The maximum atomic E-state index is 11.2. The Morgan fingerprint density at radius 2 is 2.38 bits per heavy atom. The van der Waals surface area contributed by atoms with Crippen LogP contribution in [0.25, 0.3) is 0 Å². The van der Waals surface area contributed by atoms with Gasteiger partial charge in [-0.15, -0.1) is 11.8 Å². The van der Waals surface area contributed by atoms with Gasteiger partial charge in [0, 0.05) is 29.5 Å². The van der Waals surface area contributed by atoms with Crippen LogP contribution >= 0.6 is 11.8 Å². The molecule has 1 aromatic heterocycles. The molecule has 0 saturated carbocycles. The first-order valence-corrected chi connectivity index (χ1v) is 4.95. The number of aliphatic hydroxyl groups excluding tert-OH is 1. The maximum Gasteiger partial charge on any atom is 0.251 e. The number of aliphatic hydroxyl groups is 1. The first kappa shape index (κ1) is 10.3. The van der Waals surface area contributed by atoms with E-state index < -0.39 is 0 Å². The highest BCUT2D eigenvalue weighted by atomic mass is 32.2. The molecule has 1 rings (SSSR count). The molecule has 0 bridgehead atoms. The minimum Gasteiger partial charge on any atom is -0.395 e. The van der Waals surface area contributed by atoms with Gasteiger partial charge in [0.1, 0.15) is 0 Å². The van der Waals surface area contributed by atoms with Crippen molar-refractivity contribution < 1.29 is 5.11 Å². The number of thioether (sulfide) groups is 1. The Hall–Kier alpha value is -0.740. The largest absolute Gasteiger partial charge is 0.395 e. The van der Waals surface area contributed by atoms with Crippen molar-refractivity contribution in [1.29, 1.82) is 0 Å². The highest BCUT2D eigenvalue weighted by Gasteiger charge is 2.02. The fourth-order valence-corrected chi connectivity index (χ4v) is 1.72. The Balaban J connectivity index is 2.80. The lowest BCUT2D eigenvalue weighted by Gasteiger charge is -2.07. The smallest absolute Gasteiger partial charge is 0.251 e. The van der Waals surface area contributed by atoms with Gasteiger partial charge in [-0.1, -0.05) is 6.92 Å². The predicted molar refractivity (Wildman–Crippen MR) is 54.1 cm³/mol. The summed E-state index contributed by atoms with van der Waals surface area (Å²) >= 11 is 1.50. The van der Waals surface area contributed by atoms with Crippen LogP contribution in [0.5, 0.6) is 0 Å². The van der Waals surface area contributed by atoms with E-state index in [0.29, 0.717) is 0 Å². The van der Waals surface area contributed by atoms with Gasteiger partial charge in [0.25, 0.3) is 5.56 Å². The highest BCUT2D eigenvalue weighted by molar-refractivity contribution is 8.00. The summed E-state index contributed by atoms with van der Waals surface area (Å²) < 4.78 is 1.52. The van der Waals surface area contributed by atoms with Crippen LogP contribution in [0.4, 0.5) is 0 Å². The monoisotopic (exact) mass is 199 g/mol. The molecule has 0 aliphatic heterocycles. The van der Waals surface area contributed by atoms with Crippen molar-refractivity contribution in [1.82, 2.24) is 4.57 Å². The van der Waals surface area contributed by atoms with Crippen LogP contribution in [0, 0.1) is 0 Å².